The Hall–Kier alpha value is -3.17. The van der Waals surface area contributed by atoms with Gasteiger partial charge in [0.2, 0.25) is 0 Å². The monoisotopic (exact) mass is 476 g/mol. The van der Waals surface area contributed by atoms with E-state index in [9.17, 15) is 4.79 Å². The van der Waals surface area contributed by atoms with Gasteiger partial charge in [0.1, 0.15) is 17.7 Å². The van der Waals surface area contributed by atoms with E-state index in [0.29, 0.717) is 29.5 Å². The van der Waals surface area contributed by atoms with Crippen LogP contribution in [0.5, 0.6) is 0 Å². The maximum absolute atomic E-state index is 13.1. The molecule has 6 rings (SSSR count). The van der Waals surface area contributed by atoms with E-state index < -0.39 is 0 Å². The van der Waals surface area contributed by atoms with Crippen LogP contribution < -0.4 is 16.0 Å². The third-order valence-corrected chi connectivity index (χ3v) is 7.43. The zero-order chi connectivity index (χ0) is 24.1. The number of anilines is 3. The standard InChI is InChI=1S/C26H32N6O3/c1-14-6-17(7-15(2)35-14)18-8-16-9-19(10-18)29-23-11-21(27-3)24-25(31-23)32(13-28-24)26(33)30-20-4-5-22(20)34-12-16/h8-11,13-15,17,20,22H,4-7,12H2,1-3H3,(H,30,33)(H2,27,29,31)/t14-,15+,17?,20-,22-/m1/s1. The van der Waals surface area contributed by atoms with Crippen LogP contribution in [0.3, 0.4) is 0 Å². The lowest BCUT2D eigenvalue weighted by Crippen LogP contribution is -2.52. The number of benzene rings is 1. The first-order chi connectivity index (χ1) is 17.0. The Morgan fingerprint density at radius 3 is 2.69 bits per heavy atom. The van der Waals surface area contributed by atoms with E-state index in [4.69, 9.17) is 14.5 Å². The number of nitrogens with zero attached hydrogens (tertiary/aromatic N) is 3. The van der Waals surface area contributed by atoms with Crippen LogP contribution >= 0.6 is 0 Å². The molecule has 4 bridgehead atoms. The molecule has 2 aromatic heterocycles. The summed E-state index contributed by atoms with van der Waals surface area (Å²) in [5.41, 5.74) is 5.34. The third-order valence-electron chi connectivity index (χ3n) is 7.43. The van der Waals surface area contributed by atoms with Gasteiger partial charge in [-0.1, -0.05) is 6.07 Å². The molecule has 1 amide bonds. The maximum atomic E-state index is 13.1. The van der Waals surface area contributed by atoms with Crippen LogP contribution in [0.1, 0.15) is 56.6 Å². The molecule has 1 unspecified atom stereocenters. The van der Waals surface area contributed by atoms with Gasteiger partial charge < -0.3 is 25.4 Å². The molecule has 0 spiro atoms. The number of imidazole rings is 1. The van der Waals surface area contributed by atoms with E-state index in [1.807, 2.05) is 13.1 Å². The summed E-state index contributed by atoms with van der Waals surface area (Å²) in [6, 6.07) is 8.28. The zero-order valence-corrected chi connectivity index (χ0v) is 20.4. The molecule has 184 valence electrons. The summed E-state index contributed by atoms with van der Waals surface area (Å²) in [6.45, 7) is 4.80. The first kappa shape index (κ1) is 22.3. The van der Waals surface area contributed by atoms with Gasteiger partial charge in [-0.2, -0.15) is 0 Å². The van der Waals surface area contributed by atoms with Gasteiger partial charge in [0.25, 0.3) is 0 Å². The number of amides is 1. The van der Waals surface area contributed by atoms with E-state index in [2.05, 4.69) is 53.0 Å². The highest BCUT2D eigenvalue weighted by atomic mass is 16.5. The molecular formula is C26H32N6O3. The molecule has 1 saturated carbocycles. The number of hydrogen-bond acceptors (Lipinski definition) is 7. The Kier molecular flexibility index (Phi) is 5.61. The van der Waals surface area contributed by atoms with E-state index in [0.717, 1.165) is 42.6 Å². The molecule has 5 atom stereocenters. The molecule has 1 aliphatic carbocycles. The molecule has 3 aliphatic rings. The van der Waals surface area contributed by atoms with Crippen molar-refractivity contribution >= 4 is 34.4 Å². The second-order valence-electron chi connectivity index (χ2n) is 10.1. The Bertz CT molecular complexity index is 1260. The Balaban J connectivity index is 1.44. The first-order valence-corrected chi connectivity index (χ1v) is 12.5. The number of aromatic nitrogens is 3. The molecular weight excluding hydrogens is 444 g/mol. The summed E-state index contributed by atoms with van der Waals surface area (Å²) in [4.78, 5) is 22.3. The maximum Gasteiger partial charge on any atom is 0.328 e. The molecule has 1 saturated heterocycles. The highest BCUT2D eigenvalue weighted by molar-refractivity contribution is 5.94. The normalized spacial score (nSPS) is 28.4. The molecule has 4 heterocycles. The number of carbonyl (C=O) groups is 1. The first-order valence-electron chi connectivity index (χ1n) is 12.5. The van der Waals surface area contributed by atoms with Crippen molar-refractivity contribution < 1.29 is 14.3 Å². The van der Waals surface area contributed by atoms with Gasteiger partial charge in [-0.15, -0.1) is 0 Å². The van der Waals surface area contributed by atoms with Gasteiger partial charge >= 0.3 is 6.03 Å². The fourth-order valence-corrected chi connectivity index (χ4v) is 5.59. The lowest BCUT2D eigenvalue weighted by molar-refractivity contribution is -0.0382. The predicted molar refractivity (Wildman–Crippen MR) is 134 cm³/mol. The molecule has 3 aromatic rings. The van der Waals surface area contributed by atoms with Crippen LogP contribution in [0.4, 0.5) is 22.0 Å². The number of pyridine rings is 1. The van der Waals surface area contributed by atoms with Gasteiger partial charge in [-0.25, -0.2) is 19.3 Å². The van der Waals surface area contributed by atoms with E-state index >= 15 is 0 Å². The quantitative estimate of drug-likeness (QED) is 0.500. The number of fused-ring (bicyclic) bond motifs is 4. The van der Waals surface area contributed by atoms with Gasteiger partial charge in [0.15, 0.2) is 5.65 Å². The van der Waals surface area contributed by atoms with Crippen molar-refractivity contribution in [3.8, 4) is 0 Å². The minimum absolute atomic E-state index is 0.00347. The molecule has 9 heteroatoms. The molecule has 0 radical (unpaired) electrons. The smallest absolute Gasteiger partial charge is 0.328 e. The topological polar surface area (TPSA) is 102 Å². The Labute approximate surface area is 204 Å². The number of rotatable bonds is 2. The second-order valence-corrected chi connectivity index (χ2v) is 10.1. The Morgan fingerprint density at radius 1 is 1.11 bits per heavy atom. The molecule has 3 N–H and O–H groups in total. The zero-order valence-electron chi connectivity index (χ0n) is 20.4. The van der Waals surface area contributed by atoms with Crippen LogP contribution in [0.15, 0.2) is 30.6 Å². The van der Waals surface area contributed by atoms with Crippen molar-refractivity contribution in [2.24, 2.45) is 0 Å². The van der Waals surface area contributed by atoms with E-state index in [1.54, 1.807) is 0 Å². The predicted octanol–water partition coefficient (Wildman–Crippen LogP) is 4.51. The summed E-state index contributed by atoms with van der Waals surface area (Å²) in [5, 5.41) is 9.79. The number of nitrogens with one attached hydrogen (secondary N) is 3. The van der Waals surface area contributed by atoms with Crippen molar-refractivity contribution in [3.05, 3.63) is 41.7 Å². The largest absolute Gasteiger partial charge is 0.386 e. The van der Waals surface area contributed by atoms with Gasteiger partial charge in [-0.05, 0) is 68.7 Å². The SMILES string of the molecule is CNc1cc2nc3c1ncn3C(=O)N[C@@H]1CC[C@H]1OCc1cc(cc(C3C[C@@H](C)O[C@@H](C)C3)c1)N2. The highest BCUT2D eigenvalue weighted by Gasteiger charge is 2.34. The Morgan fingerprint density at radius 2 is 1.94 bits per heavy atom. The molecule has 35 heavy (non-hydrogen) atoms. The van der Waals surface area contributed by atoms with Crippen LogP contribution in [0.25, 0.3) is 11.2 Å². The number of ether oxygens (including phenoxy) is 2. The van der Waals surface area contributed by atoms with Crippen molar-refractivity contribution in [1.82, 2.24) is 19.9 Å². The van der Waals surface area contributed by atoms with Crippen molar-refractivity contribution in [1.29, 1.82) is 0 Å². The fourth-order valence-electron chi connectivity index (χ4n) is 5.59. The lowest BCUT2D eigenvalue weighted by Gasteiger charge is -2.37. The van der Waals surface area contributed by atoms with Crippen molar-refractivity contribution in [2.45, 2.75) is 76.4 Å². The molecule has 2 fully saturated rings. The van der Waals surface area contributed by atoms with Crippen LogP contribution in [-0.4, -0.2) is 52.0 Å². The average Bonchev–Trinajstić information content (AvgIpc) is 3.24. The van der Waals surface area contributed by atoms with Crippen LogP contribution in [0.2, 0.25) is 0 Å². The number of hydrogen-bond donors (Lipinski definition) is 3. The van der Waals surface area contributed by atoms with Gasteiger partial charge in [0.05, 0.1) is 36.6 Å². The van der Waals surface area contributed by atoms with E-state index in [1.165, 1.54) is 16.5 Å². The van der Waals surface area contributed by atoms with Crippen LogP contribution in [0, 0.1) is 0 Å². The minimum Gasteiger partial charge on any atom is -0.386 e. The lowest BCUT2D eigenvalue weighted by atomic mass is 9.85. The summed E-state index contributed by atoms with van der Waals surface area (Å²) in [7, 11) is 1.85. The summed E-state index contributed by atoms with van der Waals surface area (Å²) >= 11 is 0. The minimum atomic E-state index is -0.238. The average molecular weight is 477 g/mol. The molecule has 1 aromatic carbocycles. The van der Waals surface area contributed by atoms with Gasteiger partial charge in [-0.3, -0.25) is 0 Å². The highest BCUT2D eigenvalue weighted by Crippen LogP contribution is 2.36. The third kappa shape index (κ3) is 4.23. The van der Waals surface area contributed by atoms with E-state index in [-0.39, 0.29) is 30.4 Å². The van der Waals surface area contributed by atoms with Crippen molar-refractivity contribution in [2.75, 3.05) is 17.7 Å². The summed E-state index contributed by atoms with van der Waals surface area (Å²) < 4.78 is 13.8. The summed E-state index contributed by atoms with van der Waals surface area (Å²) in [5.74, 6) is 1.07. The molecule has 2 aliphatic heterocycles. The summed E-state index contributed by atoms with van der Waals surface area (Å²) in [6.07, 6.45) is 5.83. The molecule has 9 nitrogen and oxygen atoms in total. The van der Waals surface area contributed by atoms with Crippen molar-refractivity contribution in [3.63, 3.8) is 0 Å². The fraction of sp³-hybridized carbons (Fsp3) is 0.500. The second kappa shape index (κ2) is 8.80. The number of carbonyl (C=O) groups excluding carboxylic acids is 1. The van der Waals surface area contributed by atoms with Crippen LogP contribution in [-0.2, 0) is 16.1 Å². The van der Waals surface area contributed by atoms with Gasteiger partial charge in [0, 0.05) is 18.8 Å².